The van der Waals surface area contributed by atoms with Crippen molar-refractivity contribution >= 4 is 17.8 Å². The molecule has 3 aliphatic heterocycles. The number of nitrogens with zero attached hydrogens (tertiary/aromatic N) is 2. The van der Waals surface area contributed by atoms with E-state index in [1.807, 2.05) is 6.92 Å². The molecular weight excluding hydrogens is 364 g/mol. The van der Waals surface area contributed by atoms with E-state index >= 15 is 0 Å². The van der Waals surface area contributed by atoms with Gasteiger partial charge in [0.05, 0.1) is 30.6 Å². The summed E-state index contributed by atoms with van der Waals surface area (Å²) in [5.74, 6) is -3.55. The van der Waals surface area contributed by atoms with E-state index in [-0.39, 0.29) is 12.5 Å². The van der Waals surface area contributed by atoms with Crippen LogP contribution in [-0.4, -0.2) is 81.3 Å². The summed E-state index contributed by atoms with van der Waals surface area (Å²) < 4.78 is 6.12. The summed E-state index contributed by atoms with van der Waals surface area (Å²) in [4.78, 5) is 41.8. The summed E-state index contributed by atoms with van der Waals surface area (Å²) in [5, 5.41) is 19.4. The van der Waals surface area contributed by atoms with Gasteiger partial charge >= 0.3 is 5.97 Å². The number of hydrogen-bond acceptors (Lipinski definition) is 5. The Kier molecular flexibility index (Phi) is 5.82. The Balaban J connectivity index is 2.03. The molecule has 2 bridgehead atoms. The number of carbonyl (C=O) groups is 3. The number of carbonyl (C=O) groups excluding carboxylic acids is 2. The van der Waals surface area contributed by atoms with Gasteiger partial charge in [-0.25, -0.2) is 0 Å². The van der Waals surface area contributed by atoms with Crippen LogP contribution in [0.4, 0.5) is 0 Å². The first-order valence-corrected chi connectivity index (χ1v) is 10.1. The van der Waals surface area contributed by atoms with Crippen molar-refractivity contribution in [1.82, 2.24) is 9.80 Å². The summed E-state index contributed by atoms with van der Waals surface area (Å²) in [6.07, 6.45) is 3.81. The van der Waals surface area contributed by atoms with Crippen LogP contribution < -0.4 is 0 Å². The molecule has 2 amide bonds. The van der Waals surface area contributed by atoms with Crippen molar-refractivity contribution < 1.29 is 29.3 Å². The molecule has 3 rings (SSSR count). The Morgan fingerprint density at radius 3 is 2.79 bits per heavy atom. The number of hydrogen-bond donors (Lipinski definition) is 2. The molecule has 28 heavy (non-hydrogen) atoms. The van der Waals surface area contributed by atoms with E-state index in [1.165, 1.54) is 4.90 Å². The second kappa shape index (κ2) is 7.83. The van der Waals surface area contributed by atoms with Crippen molar-refractivity contribution in [3.8, 4) is 0 Å². The van der Waals surface area contributed by atoms with Crippen molar-refractivity contribution in [2.75, 3.05) is 19.7 Å². The maximum atomic E-state index is 13.6. The van der Waals surface area contributed by atoms with Crippen molar-refractivity contribution in [2.24, 2.45) is 11.8 Å². The number of aliphatic carboxylic acids is 1. The first-order chi connectivity index (χ1) is 13.3. The number of unbranched alkanes of at least 4 members (excludes halogenated alkanes) is 1. The predicted octanol–water partition coefficient (Wildman–Crippen LogP) is 0.641. The molecule has 0 aromatic rings. The normalized spacial score (nSPS) is 34.4. The second-order valence-corrected chi connectivity index (χ2v) is 8.10. The Bertz CT molecular complexity index is 667. The summed E-state index contributed by atoms with van der Waals surface area (Å²) in [5.41, 5.74) is -1.13. The lowest BCUT2D eigenvalue weighted by Gasteiger charge is -2.38. The second-order valence-electron chi connectivity index (χ2n) is 8.10. The largest absolute Gasteiger partial charge is 0.481 e. The summed E-state index contributed by atoms with van der Waals surface area (Å²) in [6.45, 7) is 7.99. The number of carboxylic acids is 1. The SMILES string of the molecule is C=CCN(CCCC)C(=O)C1N([C@H](C)CO)C(=O)[C@@H]2[C@@H](C(=O)O)[C@H]3CCC12O3. The summed E-state index contributed by atoms with van der Waals surface area (Å²) in [6, 6.07) is -1.52. The zero-order chi connectivity index (χ0) is 20.6. The van der Waals surface area contributed by atoms with E-state index in [0.29, 0.717) is 25.9 Å². The van der Waals surface area contributed by atoms with Crippen LogP contribution in [0.15, 0.2) is 12.7 Å². The fourth-order valence-corrected chi connectivity index (χ4v) is 5.18. The molecule has 8 heteroatoms. The third-order valence-electron chi connectivity index (χ3n) is 6.44. The van der Waals surface area contributed by atoms with Crippen LogP contribution in [0.3, 0.4) is 0 Å². The zero-order valence-electron chi connectivity index (χ0n) is 16.5. The quantitative estimate of drug-likeness (QED) is 0.556. The highest BCUT2D eigenvalue weighted by Crippen LogP contribution is 2.58. The molecule has 0 aromatic carbocycles. The minimum Gasteiger partial charge on any atom is -0.481 e. The molecule has 0 saturated carbocycles. The Morgan fingerprint density at radius 1 is 1.50 bits per heavy atom. The molecule has 3 fully saturated rings. The van der Waals surface area contributed by atoms with E-state index in [2.05, 4.69) is 6.58 Å². The lowest BCUT2D eigenvalue weighted by molar-refractivity contribution is -0.153. The molecule has 6 atom stereocenters. The number of amides is 2. The first kappa shape index (κ1) is 20.8. The van der Waals surface area contributed by atoms with Crippen LogP contribution in [0, 0.1) is 11.8 Å². The molecule has 2 unspecified atom stereocenters. The van der Waals surface area contributed by atoms with E-state index in [4.69, 9.17) is 4.74 Å². The minimum absolute atomic E-state index is 0.254. The molecule has 0 aliphatic carbocycles. The van der Waals surface area contributed by atoms with Gasteiger partial charge in [0.1, 0.15) is 11.6 Å². The molecule has 156 valence electrons. The maximum absolute atomic E-state index is 13.6. The first-order valence-electron chi connectivity index (χ1n) is 10.1. The minimum atomic E-state index is -1.13. The van der Waals surface area contributed by atoms with Gasteiger partial charge in [0, 0.05) is 13.1 Å². The van der Waals surface area contributed by atoms with Crippen LogP contribution in [0.2, 0.25) is 0 Å². The van der Waals surface area contributed by atoms with Crippen molar-refractivity contribution in [3.63, 3.8) is 0 Å². The number of carboxylic acid groups (broad SMARTS) is 1. The Labute approximate surface area is 165 Å². The topological polar surface area (TPSA) is 107 Å². The number of rotatable bonds is 9. The summed E-state index contributed by atoms with van der Waals surface area (Å²) >= 11 is 0. The van der Waals surface area contributed by atoms with Gasteiger partial charge in [0.25, 0.3) is 0 Å². The molecular formula is C20H30N2O6. The maximum Gasteiger partial charge on any atom is 0.310 e. The van der Waals surface area contributed by atoms with Gasteiger partial charge in [-0.2, -0.15) is 0 Å². The third-order valence-corrected chi connectivity index (χ3v) is 6.44. The molecule has 3 heterocycles. The van der Waals surface area contributed by atoms with Crippen molar-refractivity contribution in [2.45, 2.75) is 63.3 Å². The standard InChI is InChI=1S/C20H30N2O6/c1-4-6-10-21(9-5-2)18(25)16-20-8-7-13(28-20)14(19(26)27)15(20)17(24)22(16)12(3)11-23/h5,12-16,23H,2,4,6-11H2,1,3H3,(H,26,27)/t12-,13-,14+,15+,16?,20?/m1/s1. The Hall–Kier alpha value is -1.93. The highest BCUT2D eigenvalue weighted by Gasteiger charge is 2.75. The van der Waals surface area contributed by atoms with Gasteiger partial charge in [0.2, 0.25) is 11.8 Å². The molecule has 1 spiro atoms. The van der Waals surface area contributed by atoms with Crippen molar-refractivity contribution in [1.29, 1.82) is 0 Å². The predicted molar refractivity (Wildman–Crippen MR) is 100 cm³/mol. The molecule has 2 N–H and O–H groups in total. The van der Waals surface area contributed by atoms with Crippen molar-refractivity contribution in [3.05, 3.63) is 12.7 Å². The highest BCUT2D eigenvalue weighted by molar-refractivity contribution is 5.98. The number of fused-ring (bicyclic) bond motifs is 1. The molecule has 3 aliphatic rings. The molecule has 0 radical (unpaired) electrons. The average Bonchev–Trinajstić information content (AvgIpc) is 3.31. The zero-order valence-corrected chi connectivity index (χ0v) is 16.5. The van der Waals surface area contributed by atoms with Gasteiger partial charge in [-0.15, -0.1) is 6.58 Å². The Morgan fingerprint density at radius 2 is 2.21 bits per heavy atom. The number of likely N-dealkylation sites (tertiary alicyclic amines) is 1. The molecule has 0 aromatic heterocycles. The van der Waals surface area contributed by atoms with Gasteiger partial charge in [-0.3, -0.25) is 14.4 Å². The number of aliphatic hydroxyl groups excluding tert-OH is 1. The van der Waals surface area contributed by atoms with Gasteiger partial charge in [0.15, 0.2) is 0 Å². The van der Waals surface area contributed by atoms with E-state index < -0.39 is 47.5 Å². The third kappa shape index (κ3) is 2.93. The lowest BCUT2D eigenvalue weighted by Crippen LogP contribution is -2.58. The van der Waals surface area contributed by atoms with E-state index in [0.717, 1.165) is 12.8 Å². The molecule has 8 nitrogen and oxygen atoms in total. The lowest BCUT2D eigenvalue weighted by atomic mass is 9.70. The highest BCUT2D eigenvalue weighted by atomic mass is 16.5. The van der Waals surface area contributed by atoms with Crippen LogP contribution in [0.1, 0.15) is 39.5 Å². The van der Waals surface area contributed by atoms with Crippen LogP contribution in [0.5, 0.6) is 0 Å². The van der Waals surface area contributed by atoms with E-state index in [9.17, 15) is 24.6 Å². The van der Waals surface area contributed by atoms with Crippen LogP contribution >= 0.6 is 0 Å². The fourth-order valence-electron chi connectivity index (χ4n) is 5.18. The van der Waals surface area contributed by atoms with Gasteiger partial charge in [-0.1, -0.05) is 19.4 Å². The van der Waals surface area contributed by atoms with Gasteiger partial charge in [-0.05, 0) is 26.2 Å². The number of ether oxygens (including phenoxy) is 1. The smallest absolute Gasteiger partial charge is 0.310 e. The fraction of sp³-hybridized carbons (Fsp3) is 0.750. The molecule has 3 saturated heterocycles. The monoisotopic (exact) mass is 394 g/mol. The average molecular weight is 394 g/mol. The van der Waals surface area contributed by atoms with Crippen LogP contribution in [0.25, 0.3) is 0 Å². The van der Waals surface area contributed by atoms with Crippen LogP contribution in [-0.2, 0) is 19.1 Å². The summed E-state index contributed by atoms with van der Waals surface area (Å²) in [7, 11) is 0. The van der Waals surface area contributed by atoms with Gasteiger partial charge < -0.3 is 24.7 Å². The number of aliphatic hydroxyl groups is 1. The van der Waals surface area contributed by atoms with E-state index in [1.54, 1.807) is 17.9 Å².